The molecule has 0 spiro atoms. The quantitative estimate of drug-likeness (QED) is 0.749. The highest BCUT2D eigenvalue weighted by Gasteiger charge is 2.04. The number of aldehydes is 1. The summed E-state index contributed by atoms with van der Waals surface area (Å²) in [6, 6.07) is 13.8. The molecule has 2 aromatic carbocycles. The Hall–Kier alpha value is -2.09. The fourth-order valence-electron chi connectivity index (χ4n) is 1.73. The van der Waals surface area contributed by atoms with Gasteiger partial charge in [0.1, 0.15) is 5.75 Å². The van der Waals surface area contributed by atoms with Crippen molar-refractivity contribution in [3.8, 4) is 16.9 Å². The molecule has 0 N–H and O–H groups in total. The third-order valence-corrected chi connectivity index (χ3v) is 2.75. The predicted octanol–water partition coefficient (Wildman–Crippen LogP) is 3.48. The standard InChI is InChI=1S/C15H14O2/c1-11-3-5-12(6-4-11)13-7-8-14(10-16)15(9-13)17-2/h3-10H,1-2H3. The van der Waals surface area contributed by atoms with Crippen LogP contribution in [0.2, 0.25) is 0 Å². The first-order valence-electron chi connectivity index (χ1n) is 5.45. The van der Waals surface area contributed by atoms with Crippen molar-refractivity contribution in [2.24, 2.45) is 0 Å². The van der Waals surface area contributed by atoms with Gasteiger partial charge in [-0.1, -0.05) is 35.9 Å². The maximum absolute atomic E-state index is 10.8. The lowest BCUT2D eigenvalue weighted by Crippen LogP contribution is -1.91. The van der Waals surface area contributed by atoms with E-state index in [1.807, 2.05) is 12.1 Å². The van der Waals surface area contributed by atoms with Crippen LogP contribution in [-0.4, -0.2) is 13.4 Å². The Morgan fingerprint density at radius 3 is 2.24 bits per heavy atom. The third-order valence-electron chi connectivity index (χ3n) is 2.75. The van der Waals surface area contributed by atoms with Crippen molar-refractivity contribution in [1.82, 2.24) is 0 Å². The van der Waals surface area contributed by atoms with Gasteiger partial charge in [-0.2, -0.15) is 0 Å². The molecule has 2 heteroatoms. The maximum atomic E-state index is 10.8. The third kappa shape index (κ3) is 2.36. The molecule has 0 radical (unpaired) electrons. The second-order valence-electron chi connectivity index (χ2n) is 3.94. The number of aryl methyl sites for hydroxylation is 1. The molecular weight excluding hydrogens is 212 g/mol. The molecule has 2 rings (SSSR count). The van der Waals surface area contributed by atoms with Crippen molar-refractivity contribution in [2.75, 3.05) is 7.11 Å². The lowest BCUT2D eigenvalue weighted by atomic mass is 10.0. The van der Waals surface area contributed by atoms with Crippen LogP contribution in [0.25, 0.3) is 11.1 Å². The fraction of sp³-hybridized carbons (Fsp3) is 0.133. The molecule has 0 unspecified atom stereocenters. The van der Waals surface area contributed by atoms with Crippen LogP contribution in [-0.2, 0) is 0 Å². The summed E-state index contributed by atoms with van der Waals surface area (Å²) in [5.41, 5.74) is 3.97. The number of rotatable bonds is 3. The van der Waals surface area contributed by atoms with E-state index in [9.17, 15) is 4.79 Å². The zero-order valence-corrected chi connectivity index (χ0v) is 9.94. The van der Waals surface area contributed by atoms with E-state index >= 15 is 0 Å². The number of hydrogen-bond donors (Lipinski definition) is 0. The molecule has 0 fully saturated rings. The minimum Gasteiger partial charge on any atom is -0.496 e. The van der Waals surface area contributed by atoms with Crippen LogP contribution in [0.1, 0.15) is 15.9 Å². The monoisotopic (exact) mass is 226 g/mol. The summed E-state index contributed by atoms with van der Waals surface area (Å²) in [5.74, 6) is 0.609. The molecule has 0 aromatic heterocycles. The number of methoxy groups -OCH3 is 1. The van der Waals surface area contributed by atoms with Gasteiger partial charge in [0.2, 0.25) is 0 Å². The Kier molecular flexibility index (Phi) is 3.24. The summed E-state index contributed by atoms with van der Waals surface area (Å²) in [6.07, 6.45) is 0.803. The molecule has 0 saturated carbocycles. The first-order valence-corrected chi connectivity index (χ1v) is 5.45. The smallest absolute Gasteiger partial charge is 0.153 e. The van der Waals surface area contributed by atoms with Gasteiger partial charge >= 0.3 is 0 Å². The van der Waals surface area contributed by atoms with Gasteiger partial charge in [0.25, 0.3) is 0 Å². The number of hydrogen-bond acceptors (Lipinski definition) is 2. The van der Waals surface area contributed by atoms with Crippen molar-refractivity contribution in [2.45, 2.75) is 6.92 Å². The van der Waals surface area contributed by atoms with Crippen LogP contribution in [0.15, 0.2) is 42.5 Å². The molecule has 0 heterocycles. The Balaban J connectivity index is 2.46. The Labute approximate surface area is 101 Å². The van der Waals surface area contributed by atoms with Gasteiger partial charge in [-0.05, 0) is 30.2 Å². The number of ether oxygens (including phenoxy) is 1. The second kappa shape index (κ2) is 4.83. The SMILES string of the molecule is COc1cc(-c2ccc(C)cc2)ccc1C=O. The van der Waals surface area contributed by atoms with Crippen LogP contribution in [0.3, 0.4) is 0 Å². The molecule has 17 heavy (non-hydrogen) atoms. The predicted molar refractivity (Wildman–Crippen MR) is 68.6 cm³/mol. The van der Waals surface area contributed by atoms with E-state index in [4.69, 9.17) is 4.74 Å². The molecule has 0 bridgehead atoms. The van der Waals surface area contributed by atoms with Gasteiger partial charge in [0, 0.05) is 0 Å². The molecule has 0 aliphatic carbocycles. The van der Waals surface area contributed by atoms with Crippen molar-refractivity contribution in [3.05, 3.63) is 53.6 Å². The van der Waals surface area contributed by atoms with Crippen LogP contribution in [0.5, 0.6) is 5.75 Å². The molecule has 0 aliphatic heterocycles. The van der Waals surface area contributed by atoms with E-state index < -0.39 is 0 Å². The van der Waals surface area contributed by atoms with E-state index in [-0.39, 0.29) is 0 Å². The number of carbonyl (C=O) groups excluding carboxylic acids is 1. The van der Waals surface area contributed by atoms with Gasteiger partial charge < -0.3 is 4.74 Å². The molecule has 86 valence electrons. The Morgan fingerprint density at radius 2 is 1.65 bits per heavy atom. The molecule has 2 aromatic rings. The highest BCUT2D eigenvalue weighted by Crippen LogP contribution is 2.26. The van der Waals surface area contributed by atoms with Crippen molar-refractivity contribution < 1.29 is 9.53 Å². The average Bonchev–Trinajstić information content (AvgIpc) is 2.39. The molecule has 0 amide bonds. The minimum absolute atomic E-state index is 0.573. The first-order chi connectivity index (χ1) is 8.24. The summed E-state index contributed by atoms with van der Waals surface area (Å²) in [6.45, 7) is 2.06. The Morgan fingerprint density at radius 1 is 1.00 bits per heavy atom. The van der Waals surface area contributed by atoms with Gasteiger partial charge in [-0.15, -0.1) is 0 Å². The van der Waals surface area contributed by atoms with Crippen LogP contribution < -0.4 is 4.74 Å². The summed E-state index contributed by atoms with van der Waals surface area (Å²) in [4.78, 5) is 10.8. The molecule has 2 nitrogen and oxygen atoms in total. The summed E-state index contributed by atoms with van der Waals surface area (Å²) in [5, 5.41) is 0. The molecule has 0 atom stereocenters. The summed E-state index contributed by atoms with van der Waals surface area (Å²) >= 11 is 0. The zero-order valence-electron chi connectivity index (χ0n) is 9.94. The zero-order chi connectivity index (χ0) is 12.3. The highest BCUT2D eigenvalue weighted by molar-refractivity contribution is 5.81. The van der Waals surface area contributed by atoms with E-state index in [1.165, 1.54) is 5.56 Å². The van der Waals surface area contributed by atoms with Crippen LogP contribution >= 0.6 is 0 Å². The van der Waals surface area contributed by atoms with Crippen molar-refractivity contribution in [3.63, 3.8) is 0 Å². The van der Waals surface area contributed by atoms with E-state index in [0.29, 0.717) is 11.3 Å². The first kappa shape index (κ1) is 11.4. The second-order valence-corrected chi connectivity index (χ2v) is 3.94. The van der Waals surface area contributed by atoms with Crippen molar-refractivity contribution in [1.29, 1.82) is 0 Å². The maximum Gasteiger partial charge on any atom is 0.153 e. The lowest BCUT2D eigenvalue weighted by molar-refractivity contribution is 0.112. The van der Waals surface area contributed by atoms with Crippen LogP contribution in [0, 0.1) is 6.92 Å². The Bertz CT molecular complexity index is 527. The minimum atomic E-state index is 0.573. The van der Waals surface area contributed by atoms with Gasteiger partial charge in [-0.3, -0.25) is 4.79 Å². The van der Waals surface area contributed by atoms with Gasteiger partial charge in [0.15, 0.2) is 6.29 Å². The lowest BCUT2D eigenvalue weighted by Gasteiger charge is -2.07. The van der Waals surface area contributed by atoms with Crippen LogP contribution in [0.4, 0.5) is 0 Å². The van der Waals surface area contributed by atoms with E-state index in [2.05, 4.69) is 31.2 Å². The van der Waals surface area contributed by atoms with E-state index in [0.717, 1.165) is 17.4 Å². The van der Waals surface area contributed by atoms with Gasteiger partial charge in [0.05, 0.1) is 12.7 Å². The normalized spacial score (nSPS) is 10.0. The summed E-state index contributed by atoms with van der Waals surface area (Å²) < 4.78 is 5.19. The molecule has 0 aliphatic rings. The highest BCUT2D eigenvalue weighted by atomic mass is 16.5. The fourth-order valence-corrected chi connectivity index (χ4v) is 1.73. The topological polar surface area (TPSA) is 26.3 Å². The van der Waals surface area contributed by atoms with E-state index in [1.54, 1.807) is 13.2 Å². The molecule has 0 saturated heterocycles. The number of carbonyl (C=O) groups is 1. The molecular formula is C15H14O2. The van der Waals surface area contributed by atoms with Crippen molar-refractivity contribution >= 4 is 6.29 Å². The van der Waals surface area contributed by atoms with Gasteiger partial charge in [-0.25, -0.2) is 0 Å². The average molecular weight is 226 g/mol. The number of benzene rings is 2. The summed E-state index contributed by atoms with van der Waals surface area (Å²) in [7, 11) is 1.57. The largest absolute Gasteiger partial charge is 0.496 e.